The molecule has 0 bridgehead atoms. The summed E-state index contributed by atoms with van der Waals surface area (Å²) in [4.78, 5) is 14.5. The maximum Gasteiger partial charge on any atom is 0.344 e. The third-order valence-electron chi connectivity index (χ3n) is 5.06. The largest absolute Gasteiger partial charge is 0.450 e. The first-order valence-electron chi connectivity index (χ1n) is 10.6. The molecule has 1 aromatic carbocycles. The Morgan fingerprint density at radius 2 is 1.88 bits per heavy atom. The van der Waals surface area contributed by atoms with Crippen LogP contribution in [-0.2, 0) is 15.1 Å². The lowest BCUT2D eigenvalue weighted by Crippen LogP contribution is -2.45. The molecule has 1 aromatic rings. The summed E-state index contributed by atoms with van der Waals surface area (Å²) in [5, 5.41) is 11.4. The van der Waals surface area contributed by atoms with Crippen LogP contribution in [0.25, 0.3) is 0 Å². The minimum Gasteiger partial charge on any atom is -0.450 e. The van der Waals surface area contributed by atoms with E-state index in [4.69, 9.17) is 7.48 Å². The molecule has 4 heteroatoms. The number of aliphatic hydroxyl groups is 1. The maximum atomic E-state index is 12.9. The molecule has 1 saturated carbocycles. The molecule has 0 aromatic heterocycles. The van der Waals surface area contributed by atoms with Crippen LogP contribution in [0.2, 0.25) is 0 Å². The minimum absolute atomic E-state index is 0.189. The SMILES string of the molecule is [2H]C([2H])(C#CCOC(=O)C(O)(c1ccccc1)C1CCCCC1)N(CC)CC. The summed E-state index contributed by atoms with van der Waals surface area (Å²) >= 11 is 0. The van der Waals surface area contributed by atoms with Crippen molar-refractivity contribution in [3.8, 4) is 11.8 Å². The number of hydrogen-bond acceptors (Lipinski definition) is 4. The smallest absolute Gasteiger partial charge is 0.344 e. The van der Waals surface area contributed by atoms with Gasteiger partial charge in [-0.25, -0.2) is 4.79 Å². The number of rotatable bonds is 7. The van der Waals surface area contributed by atoms with E-state index in [0.717, 1.165) is 32.1 Å². The Labute approximate surface area is 160 Å². The van der Waals surface area contributed by atoms with Gasteiger partial charge in [0.15, 0.2) is 12.2 Å². The Kier molecular flexibility index (Phi) is 7.00. The molecule has 0 radical (unpaired) electrons. The molecule has 0 aliphatic heterocycles. The zero-order valence-corrected chi connectivity index (χ0v) is 15.8. The van der Waals surface area contributed by atoms with Gasteiger partial charge in [0.25, 0.3) is 0 Å². The third-order valence-corrected chi connectivity index (χ3v) is 5.06. The second-order valence-corrected chi connectivity index (χ2v) is 6.63. The molecule has 142 valence electrons. The van der Waals surface area contributed by atoms with E-state index >= 15 is 0 Å². The maximum absolute atomic E-state index is 12.9. The third kappa shape index (κ3) is 5.09. The average molecular weight is 360 g/mol. The summed E-state index contributed by atoms with van der Waals surface area (Å²) < 4.78 is 21.3. The summed E-state index contributed by atoms with van der Waals surface area (Å²) in [6.45, 7) is 2.78. The standard InChI is InChI=1S/C22H31NO3/c1-3-23(4-2)17-11-12-18-26-21(24)22(25,19-13-7-5-8-14-19)20-15-9-6-10-16-20/h5,7-8,13-14,20,25H,3-4,6,9-10,15-18H2,1-2H3/i17D2. The number of nitrogens with zero attached hydrogens (tertiary/aromatic N) is 1. The van der Waals surface area contributed by atoms with E-state index in [1.54, 1.807) is 29.2 Å². The monoisotopic (exact) mass is 359 g/mol. The number of esters is 1. The lowest BCUT2D eigenvalue weighted by molar-refractivity contribution is -0.174. The quantitative estimate of drug-likeness (QED) is 0.599. The lowest BCUT2D eigenvalue weighted by Gasteiger charge is -2.36. The number of carbonyl (C=O) groups excluding carboxylic acids is 1. The van der Waals surface area contributed by atoms with Crippen molar-refractivity contribution in [2.45, 2.75) is 51.6 Å². The van der Waals surface area contributed by atoms with Gasteiger partial charge >= 0.3 is 5.97 Å². The number of hydrogen-bond donors (Lipinski definition) is 1. The molecule has 0 spiro atoms. The predicted octanol–water partition coefficient (Wildman–Crippen LogP) is 3.34. The Bertz CT molecular complexity index is 689. The summed E-state index contributed by atoms with van der Waals surface area (Å²) in [7, 11) is 0. The fourth-order valence-electron chi connectivity index (χ4n) is 3.48. The number of benzene rings is 1. The molecule has 1 aliphatic rings. The van der Waals surface area contributed by atoms with Gasteiger partial charge in [0, 0.05) is 5.92 Å². The van der Waals surface area contributed by atoms with Crippen molar-refractivity contribution < 1.29 is 17.4 Å². The van der Waals surface area contributed by atoms with Gasteiger partial charge in [-0.3, -0.25) is 4.90 Å². The van der Waals surface area contributed by atoms with E-state index in [-0.39, 0.29) is 12.5 Å². The lowest BCUT2D eigenvalue weighted by atomic mass is 9.73. The van der Waals surface area contributed by atoms with Crippen molar-refractivity contribution in [1.29, 1.82) is 0 Å². The minimum atomic E-state index is -1.78. The molecule has 0 saturated heterocycles. The highest BCUT2D eigenvalue weighted by Gasteiger charge is 2.46. The number of ether oxygens (including phenoxy) is 1. The van der Waals surface area contributed by atoms with Crippen LogP contribution in [0.5, 0.6) is 0 Å². The van der Waals surface area contributed by atoms with E-state index in [1.165, 1.54) is 0 Å². The molecule has 0 heterocycles. The Balaban J connectivity index is 2.13. The van der Waals surface area contributed by atoms with Crippen molar-refractivity contribution >= 4 is 5.97 Å². The molecular formula is C22H31NO3. The van der Waals surface area contributed by atoms with E-state index in [9.17, 15) is 9.90 Å². The van der Waals surface area contributed by atoms with Crippen LogP contribution in [0.1, 0.15) is 54.3 Å². The molecular weight excluding hydrogens is 326 g/mol. The molecule has 0 amide bonds. The van der Waals surface area contributed by atoms with Crippen LogP contribution in [0.15, 0.2) is 30.3 Å². The van der Waals surface area contributed by atoms with Crippen LogP contribution in [0, 0.1) is 17.8 Å². The second kappa shape index (κ2) is 10.4. The normalized spacial score (nSPS) is 18.9. The van der Waals surface area contributed by atoms with Crippen molar-refractivity contribution in [3.05, 3.63) is 35.9 Å². The Morgan fingerprint density at radius 1 is 1.23 bits per heavy atom. The topological polar surface area (TPSA) is 49.8 Å². The molecule has 1 N–H and O–H groups in total. The molecule has 2 rings (SSSR count). The first kappa shape index (κ1) is 17.6. The highest BCUT2D eigenvalue weighted by atomic mass is 16.5. The van der Waals surface area contributed by atoms with Crippen molar-refractivity contribution in [2.75, 3.05) is 26.2 Å². The van der Waals surface area contributed by atoms with Crippen LogP contribution in [0.4, 0.5) is 0 Å². The zero-order valence-electron chi connectivity index (χ0n) is 17.8. The van der Waals surface area contributed by atoms with Gasteiger partial charge in [-0.15, -0.1) is 0 Å². The van der Waals surface area contributed by atoms with Crippen LogP contribution in [-0.4, -0.2) is 42.2 Å². The average Bonchev–Trinajstić information content (AvgIpc) is 2.72. The van der Waals surface area contributed by atoms with Crippen molar-refractivity contribution in [3.63, 3.8) is 0 Å². The molecule has 26 heavy (non-hydrogen) atoms. The van der Waals surface area contributed by atoms with Gasteiger partial charge in [-0.1, -0.05) is 75.3 Å². The fourth-order valence-corrected chi connectivity index (χ4v) is 3.48. The van der Waals surface area contributed by atoms with Crippen molar-refractivity contribution in [1.82, 2.24) is 4.90 Å². The molecule has 1 atom stereocenters. The molecule has 1 aliphatic carbocycles. The Morgan fingerprint density at radius 3 is 2.50 bits per heavy atom. The van der Waals surface area contributed by atoms with Gasteiger partial charge < -0.3 is 9.84 Å². The first-order valence-corrected chi connectivity index (χ1v) is 9.56. The summed E-state index contributed by atoms with van der Waals surface area (Å²) in [5.74, 6) is 4.25. The van der Waals surface area contributed by atoms with Crippen LogP contribution < -0.4 is 0 Å². The fraction of sp³-hybridized carbons (Fsp3) is 0.591. The summed E-state index contributed by atoms with van der Waals surface area (Å²) in [6.07, 6.45) is 4.63. The van der Waals surface area contributed by atoms with Gasteiger partial charge in [-0.05, 0) is 31.5 Å². The first-order chi connectivity index (χ1) is 13.4. The summed E-state index contributed by atoms with van der Waals surface area (Å²) in [6, 6.07) is 8.95. The van der Waals surface area contributed by atoms with Gasteiger partial charge in [-0.2, -0.15) is 0 Å². The Hall–Kier alpha value is -1.83. The van der Waals surface area contributed by atoms with Gasteiger partial charge in [0.05, 0.1) is 9.24 Å². The highest BCUT2D eigenvalue weighted by molar-refractivity contribution is 5.81. The van der Waals surface area contributed by atoms with Crippen LogP contribution in [0.3, 0.4) is 0 Å². The second-order valence-electron chi connectivity index (χ2n) is 6.63. The molecule has 4 nitrogen and oxygen atoms in total. The summed E-state index contributed by atoms with van der Waals surface area (Å²) in [5.41, 5.74) is -1.15. The van der Waals surface area contributed by atoms with Crippen molar-refractivity contribution in [2.24, 2.45) is 5.92 Å². The van der Waals surface area contributed by atoms with E-state index < -0.39 is 18.1 Å². The predicted molar refractivity (Wildman–Crippen MR) is 103 cm³/mol. The van der Waals surface area contributed by atoms with E-state index in [1.807, 2.05) is 19.9 Å². The van der Waals surface area contributed by atoms with Gasteiger partial charge in [0.2, 0.25) is 0 Å². The number of carbonyl (C=O) groups is 1. The van der Waals surface area contributed by atoms with Crippen LogP contribution >= 0.6 is 0 Å². The zero-order chi connectivity index (χ0) is 20.6. The highest BCUT2D eigenvalue weighted by Crippen LogP contribution is 2.40. The van der Waals surface area contributed by atoms with E-state index in [2.05, 4.69) is 11.8 Å². The van der Waals surface area contributed by atoms with Gasteiger partial charge in [0.1, 0.15) is 0 Å². The molecule has 1 unspecified atom stereocenters. The molecule has 1 fully saturated rings. The van der Waals surface area contributed by atoms with E-state index in [0.29, 0.717) is 18.7 Å².